The first kappa shape index (κ1) is 17.9. The van der Waals surface area contributed by atoms with Crippen molar-refractivity contribution in [3.05, 3.63) is 18.2 Å². The largest absolute Gasteiger partial charge is 0.496 e. The summed E-state index contributed by atoms with van der Waals surface area (Å²) in [6.45, 7) is 0.559. The normalized spacial score (nSPS) is 11.2. The van der Waals surface area contributed by atoms with Crippen molar-refractivity contribution in [1.29, 1.82) is 0 Å². The van der Waals surface area contributed by atoms with Crippen molar-refractivity contribution in [2.45, 2.75) is 25.7 Å². The molecular weight excluding hydrogens is 316 g/mol. The van der Waals surface area contributed by atoms with Gasteiger partial charge < -0.3 is 14.2 Å². The molecule has 21 heavy (non-hydrogen) atoms. The summed E-state index contributed by atoms with van der Waals surface area (Å²) >= 11 is 0. The Morgan fingerprint density at radius 3 is 1.95 bits per heavy atom. The van der Waals surface area contributed by atoms with Gasteiger partial charge in [-0.15, -0.1) is 0 Å². The summed E-state index contributed by atoms with van der Waals surface area (Å²) in [6.07, 6.45) is 3.14. The minimum Gasteiger partial charge on any atom is -0.496 e. The predicted molar refractivity (Wildman–Crippen MR) is 83.1 cm³/mol. The summed E-state index contributed by atoms with van der Waals surface area (Å²) in [4.78, 5) is 0. The molecule has 0 saturated heterocycles. The molecule has 5 nitrogen and oxygen atoms in total. The maximum Gasteiger partial charge on any atom is 0.232 e. The van der Waals surface area contributed by atoms with Crippen LogP contribution in [0.1, 0.15) is 25.7 Å². The molecule has 0 amide bonds. The number of rotatable bonds is 10. The van der Waals surface area contributed by atoms with E-state index in [1.54, 1.807) is 32.4 Å². The number of unbranched alkanes of at least 4 members (excludes halogenated alkanes) is 3. The lowest BCUT2D eigenvalue weighted by Gasteiger charge is -2.10. The number of benzene rings is 1. The third-order valence-electron chi connectivity index (χ3n) is 2.88. The second-order valence-electron chi connectivity index (χ2n) is 4.55. The highest BCUT2D eigenvalue weighted by Crippen LogP contribution is 2.27. The molecule has 0 N–H and O–H groups in total. The standard InChI is InChI=1S/C14H21ClO5S/c1-18-12-9-13(19-2)11-14(10-12)20-7-5-3-4-6-8-21(15,16)17/h9-11H,3-8H2,1-2H3. The van der Waals surface area contributed by atoms with Crippen LogP contribution in [0.2, 0.25) is 0 Å². The van der Waals surface area contributed by atoms with Gasteiger partial charge in [0.2, 0.25) is 9.05 Å². The van der Waals surface area contributed by atoms with Crippen molar-refractivity contribution in [2.24, 2.45) is 0 Å². The minimum atomic E-state index is -3.36. The number of hydrogen-bond donors (Lipinski definition) is 0. The van der Waals surface area contributed by atoms with Crippen LogP contribution >= 0.6 is 10.7 Å². The zero-order valence-corrected chi connectivity index (χ0v) is 13.9. The van der Waals surface area contributed by atoms with E-state index in [1.165, 1.54) is 0 Å². The monoisotopic (exact) mass is 336 g/mol. The first-order valence-corrected chi connectivity index (χ1v) is 9.20. The Kier molecular flexibility index (Phi) is 7.67. The second-order valence-corrected chi connectivity index (χ2v) is 7.45. The maximum absolute atomic E-state index is 10.7. The van der Waals surface area contributed by atoms with Crippen LogP contribution in [0.4, 0.5) is 0 Å². The average Bonchev–Trinajstić information content (AvgIpc) is 2.44. The maximum atomic E-state index is 10.7. The van der Waals surface area contributed by atoms with Gasteiger partial charge in [0.15, 0.2) is 0 Å². The van der Waals surface area contributed by atoms with Crippen LogP contribution in [0, 0.1) is 0 Å². The van der Waals surface area contributed by atoms with Gasteiger partial charge in [0.25, 0.3) is 0 Å². The van der Waals surface area contributed by atoms with Gasteiger partial charge in [-0.3, -0.25) is 0 Å². The van der Waals surface area contributed by atoms with Gasteiger partial charge in [0.1, 0.15) is 17.2 Å². The fraction of sp³-hybridized carbons (Fsp3) is 0.571. The van der Waals surface area contributed by atoms with Crippen LogP contribution < -0.4 is 14.2 Å². The lowest BCUT2D eigenvalue weighted by atomic mass is 10.2. The van der Waals surface area contributed by atoms with Gasteiger partial charge in [-0.2, -0.15) is 0 Å². The van der Waals surface area contributed by atoms with E-state index in [0.29, 0.717) is 30.3 Å². The van der Waals surface area contributed by atoms with E-state index in [4.69, 9.17) is 24.9 Å². The van der Waals surface area contributed by atoms with E-state index < -0.39 is 9.05 Å². The highest BCUT2D eigenvalue weighted by Gasteiger charge is 2.05. The van der Waals surface area contributed by atoms with Crippen molar-refractivity contribution in [3.8, 4) is 17.2 Å². The lowest BCUT2D eigenvalue weighted by molar-refractivity contribution is 0.300. The molecule has 120 valence electrons. The van der Waals surface area contributed by atoms with Crippen molar-refractivity contribution < 1.29 is 22.6 Å². The zero-order chi connectivity index (χ0) is 15.7. The third-order valence-corrected chi connectivity index (χ3v) is 4.12. The number of ether oxygens (including phenoxy) is 3. The predicted octanol–water partition coefficient (Wildman–Crippen LogP) is 3.21. The quantitative estimate of drug-likeness (QED) is 0.485. The van der Waals surface area contributed by atoms with Crippen molar-refractivity contribution >= 4 is 19.7 Å². The van der Waals surface area contributed by atoms with Crippen LogP contribution in [0.25, 0.3) is 0 Å². The van der Waals surface area contributed by atoms with Crippen molar-refractivity contribution in [2.75, 3.05) is 26.6 Å². The number of methoxy groups -OCH3 is 2. The minimum absolute atomic E-state index is 0.0303. The zero-order valence-electron chi connectivity index (χ0n) is 12.3. The number of hydrogen-bond acceptors (Lipinski definition) is 5. The summed E-state index contributed by atoms with van der Waals surface area (Å²) in [5.41, 5.74) is 0. The first-order chi connectivity index (χ1) is 9.94. The highest BCUT2D eigenvalue weighted by atomic mass is 35.7. The average molecular weight is 337 g/mol. The van der Waals surface area contributed by atoms with E-state index in [9.17, 15) is 8.42 Å². The molecule has 7 heteroatoms. The van der Waals surface area contributed by atoms with E-state index in [-0.39, 0.29) is 5.75 Å². The summed E-state index contributed by atoms with van der Waals surface area (Å²) in [7, 11) is 4.95. The smallest absolute Gasteiger partial charge is 0.232 e. The fourth-order valence-electron chi connectivity index (χ4n) is 1.78. The molecule has 0 fully saturated rings. The van der Waals surface area contributed by atoms with E-state index in [1.807, 2.05) is 0 Å². The van der Waals surface area contributed by atoms with Crippen LogP contribution in [-0.4, -0.2) is 35.0 Å². The topological polar surface area (TPSA) is 61.8 Å². The molecule has 0 bridgehead atoms. The van der Waals surface area contributed by atoms with Crippen molar-refractivity contribution in [3.63, 3.8) is 0 Å². The fourth-order valence-corrected chi connectivity index (χ4v) is 2.66. The summed E-state index contributed by atoms with van der Waals surface area (Å²) in [5, 5.41) is 0. The van der Waals surface area contributed by atoms with Gasteiger partial charge in [-0.1, -0.05) is 12.8 Å². The Labute approximate surface area is 130 Å². The Bertz CT molecular complexity index is 508. The molecule has 0 aliphatic rings. The molecule has 1 aromatic carbocycles. The molecule has 0 spiro atoms. The Morgan fingerprint density at radius 1 is 0.905 bits per heavy atom. The van der Waals surface area contributed by atoms with E-state index in [2.05, 4.69) is 0 Å². The van der Waals surface area contributed by atoms with Crippen LogP contribution in [0.15, 0.2) is 18.2 Å². The van der Waals surface area contributed by atoms with Crippen LogP contribution in [0.3, 0.4) is 0 Å². The van der Waals surface area contributed by atoms with Crippen molar-refractivity contribution in [1.82, 2.24) is 0 Å². The Morgan fingerprint density at radius 2 is 1.43 bits per heavy atom. The molecule has 0 unspecified atom stereocenters. The second kappa shape index (κ2) is 9.00. The molecule has 1 rings (SSSR count). The molecule has 0 aliphatic heterocycles. The molecule has 0 saturated carbocycles. The molecular formula is C14H21ClO5S. The first-order valence-electron chi connectivity index (χ1n) is 6.73. The van der Waals surface area contributed by atoms with E-state index in [0.717, 1.165) is 19.3 Å². The summed E-state index contributed by atoms with van der Waals surface area (Å²) in [6, 6.07) is 5.37. The molecule has 0 aliphatic carbocycles. The summed E-state index contributed by atoms with van der Waals surface area (Å²) in [5.74, 6) is 2.07. The lowest BCUT2D eigenvalue weighted by Crippen LogP contribution is -2.00. The SMILES string of the molecule is COc1cc(OC)cc(OCCCCCCS(=O)(=O)Cl)c1. The van der Waals surface area contributed by atoms with Gasteiger partial charge >= 0.3 is 0 Å². The third kappa shape index (κ3) is 8.02. The number of halogens is 1. The molecule has 0 heterocycles. The molecule has 0 radical (unpaired) electrons. The van der Waals surface area contributed by atoms with E-state index >= 15 is 0 Å². The molecule has 0 atom stereocenters. The summed E-state index contributed by atoms with van der Waals surface area (Å²) < 4.78 is 37.4. The van der Waals surface area contributed by atoms with Gasteiger partial charge in [0.05, 0.1) is 26.6 Å². The van der Waals surface area contributed by atoms with Gasteiger partial charge in [-0.25, -0.2) is 8.42 Å². The highest BCUT2D eigenvalue weighted by molar-refractivity contribution is 8.13. The van der Waals surface area contributed by atoms with Crippen LogP contribution in [0.5, 0.6) is 17.2 Å². The Balaban J connectivity index is 2.26. The molecule has 1 aromatic rings. The van der Waals surface area contributed by atoms with Gasteiger partial charge in [-0.05, 0) is 12.8 Å². The van der Waals surface area contributed by atoms with Crippen LogP contribution in [-0.2, 0) is 9.05 Å². The van der Waals surface area contributed by atoms with Gasteiger partial charge in [0, 0.05) is 28.9 Å². The molecule has 0 aromatic heterocycles. The Hall–Kier alpha value is -1.14.